The molecule has 0 bridgehead atoms. The zero-order chi connectivity index (χ0) is 34.5. The zero-order valence-electron chi connectivity index (χ0n) is 27.5. The summed E-state index contributed by atoms with van der Waals surface area (Å²) in [5.74, 6) is 0.946. The Kier molecular flexibility index (Phi) is 17.5. The number of benzene rings is 3. The smallest absolute Gasteiger partial charge is 0.248 e. The Bertz CT molecular complexity index is 1420. The Balaban J connectivity index is 0.000000233. The predicted molar refractivity (Wildman–Crippen MR) is 187 cm³/mol. The van der Waals surface area contributed by atoms with Crippen molar-refractivity contribution in [1.82, 2.24) is 0 Å². The van der Waals surface area contributed by atoms with Crippen molar-refractivity contribution >= 4 is 30.5 Å². The first kappa shape index (κ1) is 38.5. The Morgan fingerprint density at radius 1 is 0.583 bits per heavy atom. The van der Waals surface area contributed by atoms with Gasteiger partial charge in [0.2, 0.25) is 23.8 Å². The summed E-state index contributed by atoms with van der Waals surface area (Å²) in [7, 11) is -2.23. The molecule has 5 rings (SSSR count). The molecule has 0 saturated carbocycles. The molecule has 48 heavy (non-hydrogen) atoms. The van der Waals surface area contributed by atoms with Gasteiger partial charge in [-0.3, -0.25) is 9.68 Å². The molecule has 252 valence electrons. The molecule has 0 saturated heterocycles. The number of rotatable bonds is 14. The van der Waals surface area contributed by atoms with Gasteiger partial charge < -0.3 is 14.7 Å². The van der Waals surface area contributed by atoms with Crippen molar-refractivity contribution in [2.45, 2.75) is 43.9 Å². The quantitative estimate of drug-likeness (QED) is 0.0548. The Morgan fingerprint density at radius 2 is 0.958 bits per heavy atom. The van der Waals surface area contributed by atoms with E-state index in [1.165, 1.54) is 16.7 Å². The van der Waals surface area contributed by atoms with Crippen LogP contribution in [0.25, 0.3) is 0 Å². The van der Waals surface area contributed by atoms with Gasteiger partial charge in [0.1, 0.15) is 11.8 Å². The molecule has 0 aliphatic heterocycles. The van der Waals surface area contributed by atoms with E-state index in [4.69, 9.17) is 37.5 Å². The molecule has 7 nitrogen and oxygen atoms in total. The van der Waals surface area contributed by atoms with E-state index in [0.717, 1.165) is 17.8 Å². The van der Waals surface area contributed by atoms with Crippen molar-refractivity contribution < 1.29 is 33.8 Å². The monoisotopic (exact) mass is 688 g/mol. The topological polar surface area (TPSA) is 81.6 Å². The number of aromatic nitrogens is 2. The van der Waals surface area contributed by atoms with Gasteiger partial charge in [0.05, 0.1) is 7.32 Å². The van der Waals surface area contributed by atoms with Gasteiger partial charge in [0.15, 0.2) is 13.2 Å². The SMILES string of the molecule is CCO[n+]1ccccc1CCl.CCO[n+]1ccccc1CCl.[O-]B([O-])OCCCC(c1ccccc1)(c1ccccc1)c1ccccc1. The van der Waals surface area contributed by atoms with Crippen LogP contribution < -0.4 is 29.2 Å². The van der Waals surface area contributed by atoms with Gasteiger partial charge in [-0.15, -0.1) is 23.2 Å². The third-order valence-electron chi connectivity index (χ3n) is 7.37. The first-order chi connectivity index (χ1) is 23.5. The van der Waals surface area contributed by atoms with Crippen molar-refractivity contribution in [3.05, 3.63) is 168 Å². The fourth-order valence-electron chi connectivity index (χ4n) is 5.28. The number of halogens is 2. The normalized spacial score (nSPS) is 10.5. The molecule has 0 spiro atoms. The molecule has 0 aliphatic rings. The number of hydrogen-bond acceptors (Lipinski definition) is 5. The summed E-state index contributed by atoms with van der Waals surface area (Å²) in [5.41, 5.74) is 5.11. The second-order valence-corrected chi connectivity index (χ2v) is 10.9. The first-order valence-electron chi connectivity index (χ1n) is 16.0. The minimum Gasteiger partial charge on any atom is -0.871 e. The lowest BCUT2D eigenvalue weighted by atomic mass is 9.67. The van der Waals surface area contributed by atoms with Crippen molar-refractivity contribution in [3.8, 4) is 0 Å². The van der Waals surface area contributed by atoms with Crippen LogP contribution in [0.15, 0.2) is 140 Å². The van der Waals surface area contributed by atoms with Crippen LogP contribution in [0.2, 0.25) is 0 Å². The fraction of sp³-hybridized carbons (Fsp3) is 0.263. The molecule has 0 N–H and O–H groups in total. The van der Waals surface area contributed by atoms with Crippen molar-refractivity contribution in [3.63, 3.8) is 0 Å². The Labute approximate surface area is 295 Å². The van der Waals surface area contributed by atoms with Crippen LogP contribution in [-0.4, -0.2) is 27.1 Å². The maximum Gasteiger partial charge on any atom is 0.248 e. The van der Waals surface area contributed by atoms with Crippen LogP contribution in [0.5, 0.6) is 0 Å². The Morgan fingerprint density at radius 3 is 1.29 bits per heavy atom. The molecule has 0 amide bonds. The van der Waals surface area contributed by atoms with E-state index in [-0.39, 0.29) is 12.0 Å². The molecular weight excluding hydrogens is 646 g/mol. The van der Waals surface area contributed by atoms with Gasteiger partial charge >= 0.3 is 0 Å². The molecule has 0 fully saturated rings. The highest BCUT2D eigenvalue weighted by atomic mass is 35.5. The highest BCUT2D eigenvalue weighted by Gasteiger charge is 2.35. The zero-order valence-corrected chi connectivity index (χ0v) is 29.0. The Hall–Kier alpha value is -3.92. The molecular formula is C38H43BCl2N2O5. The average Bonchev–Trinajstić information content (AvgIpc) is 3.14. The lowest BCUT2D eigenvalue weighted by Gasteiger charge is -2.37. The summed E-state index contributed by atoms with van der Waals surface area (Å²) in [5, 5.41) is 21.4. The van der Waals surface area contributed by atoms with E-state index in [1.807, 2.05) is 117 Å². The molecule has 0 atom stereocenters. The van der Waals surface area contributed by atoms with E-state index in [0.29, 0.717) is 31.4 Å². The second-order valence-electron chi connectivity index (χ2n) is 10.4. The summed E-state index contributed by atoms with van der Waals surface area (Å²) < 4.78 is 8.11. The minimum atomic E-state index is -2.23. The van der Waals surface area contributed by atoms with Gasteiger partial charge in [0, 0.05) is 45.7 Å². The van der Waals surface area contributed by atoms with E-state index >= 15 is 0 Å². The van der Waals surface area contributed by atoms with Crippen LogP contribution in [0, 0.1) is 0 Å². The number of nitrogens with zero attached hydrogens (tertiary/aromatic N) is 2. The summed E-state index contributed by atoms with van der Waals surface area (Å²) in [6.07, 6.45) is 5.04. The fourth-order valence-corrected chi connectivity index (χ4v) is 5.70. The van der Waals surface area contributed by atoms with Crippen LogP contribution in [-0.2, 0) is 21.8 Å². The van der Waals surface area contributed by atoms with Crippen molar-refractivity contribution in [1.29, 1.82) is 0 Å². The number of alkyl halides is 2. The van der Waals surface area contributed by atoms with Gasteiger partial charge in [-0.2, -0.15) is 0 Å². The van der Waals surface area contributed by atoms with E-state index in [2.05, 4.69) is 36.4 Å². The molecule has 3 aromatic carbocycles. The number of hydrogen-bond donors (Lipinski definition) is 0. The van der Waals surface area contributed by atoms with Gasteiger partial charge in [-0.1, -0.05) is 91.0 Å². The maximum atomic E-state index is 10.7. The predicted octanol–water partition coefficient (Wildman–Crippen LogP) is 4.85. The molecule has 2 aromatic heterocycles. The van der Waals surface area contributed by atoms with Crippen LogP contribution in [0.3, 0.4) is 0 Å². The maximum absolute atomic E-state index is 10.7. The lowest BCUT2D eigenvalue weighted by Crippen LogP contribution is -2.48. The van der Waals surface area contributed by atoms with Gasteiger partial charge in [-0.05, 0) is 55.5 Å². The molecule has 0 aliphatic carbocycles. The van der Waals surface area contributed by atoms with Crippen molar-refractivity contribution in [2.75, 3.05) is 19.8 Å². The third kappa shape index (κ3) is 11.7. The minimum absolute atomic E-state index is 0.159. The summed E-state index contributed by atoms with van der Waals surface area (Å²) in [6, 6.07) is 42.6. The van der Waals surface area contributed by atoms with Crippen molar-refractivity contribution in [2.24, 2.45) is 0 Å². The van der Waals surface area contributed by atoms with E-state index in [1.54, 1.807) is 9.46 Å². The van der Waals surface area contributed by atoms with Gasteiger partial charge in [0.25, 0.3) is 0 Å². The average molecular weight is 689 g/mol. The van der Waals surface area contributed by atoms with Crippen LogP contribution >= 0.6 is 23.2 Å². The summed E-state index contributed by atoms with van der Waals surface area (Å²) >= 11 is 11.3. The van der Waals surface area contributed by atoms with E-state index in [9.17, 15) is 10.0 Å². The second kappa shape index (κ2) is 21.9. The first-order valence-corrected chi connectivity index (χ1v) is 17.0. The molecule has 2 heterocycles. The van der Waals surface area contributed by atoms with Crippen LogP contribution in [0.4, 0.5) is 0 Å². The molecule has 10 heteroatoms. The molecule has 0 unspecified atom stereocenters. The standard InChI is InChI=1S/C22H21BO3.2C8H11ClNO/c24-23(25)26-18-10-17-22(19-11-4-1-5-12-19,20-13-6-2-7-14-20)21-15-8-3-9-16-21;2*1-2-11-10-6-4-3-5-8(10)7-9/h1-9,11-16H,10,17-18H2;2*3-6H,2,7H2,1H3/q-2;2*+1. The molecule has 0 radical (unpaired) electrons. The van der Waals surface area contributed by atoms with Crippen LogP contribution in [0.1, 0.15) is 54.8 Å². The third-order valence-corrected chi connectivity index (χ3v) is 7.92. The number of pyridine rings is 2. The highest BCUT2D eigenvalue weighted by Crippen LogP contribution is 2.42. The van der Waals surface area contributed by atoms with E-state index < -0.39 is 7.32 Å². The molecule has 5 aromatic rings. The highest BCUT2D eigenvalue weighted by molar-refractivity contribution is 6.28. The van der Waals surface area contributed by atoms with Gasteiger partial charge in [-0.25, -0.2) is 0 Å². The largest absolute Gasteiger partial charge is 0.871 e. The summed E-state index contributed by atoms with van der Waals surface area (Å²) in [4.78, 5) is 10.5. The lowest BCUT2D eigenvalue weighted by molar-refractivity contribution is -0.895. The summed E-state index contributed by atoms with van der Waals surface area (Å²) in [6.45, 7) is 5.35.